The SMILES string of the molecule is C[C@@H](O)c1cccnc1N1CCOC(CO)C1. The van der Waals surface area contributed by atoms with Gasteiger partial charge in [0.15, 0.2) is 0 Å². The van der Waals surface area contributed by atoms with Gasteiger partial charge in [0, 0.05) is 24.8 Å². The summed E-state index contributed by atoms with van der Waals surface area (Å²) in [6.45, 7) is 3.64. The van der Waals surface area contributed by atoms with Crippen LogP contribution in [0.5, 0.6) is 0 Å². The minimum absolute atomic E-state index is 0.00729. The molecule has 2 rings (SSSR count). The number of nitrogens with zero attached hydrogens (tertiary/aromatic N) is 2. The normalized spacial score (nSPS) is 22.5. The first-order valence-electron chi connectivity index (χ1n) is 5.82. The van der Waals surface area contributed by atoms with Crippen LogP contribution in [0.1, 0.15) is 18.6 Å². The fraction of sp³-hybridized carbons (Fsp3) is 0.583. The summed E-state index contributed by atoms with van der Waals surface area (Å²) >= 11 is 0. The number of rotatable bonds is 3. The third-order valence-corrected chi connectivity index (χ3v) is 2.91. The first kappa shape index (κ1) is 12.3. The topological polar surface area (TPSA) is 65.8 Å². The number of ether oxygens (including phenoxy) is 1. The number of aliphatic hydroxyl groups is 2. The average molecular weight is 238 g/mol. The molecule has 0 aliphatic carbocycles. The molecular weight excluding hydrogens is 220 g/mol. The van der Waals surface area contributed by atoms with Crippen LogP contribution in [-0.2, 0) is 4.74 Å². The van der Waals surface area contributed by atoms with E-state index in [1.165, 1.54) is 0 Å². The highest BCUT2D eigenvalue weighted by atomic mass is 16.5. The van der Waals surface area contributed by atoms with Crippen LogP contribution in [0.4, 0.5) is 5.82 Å². The molecule has 0 spiro atoms. The summed E-state index contributed by atoms with van der Waals surface area (Å²) in [4.78, 5) is 6.37. The zero-order valence-electron chi connectivity index (χ0n) is 9.91. The maximum Gasteiger partial charge on any atom is 0.134 e. The van der Waals surface area contributed by atoms with Gasteiger partial charge in [0.1, 0.15) is 5.82 Å². The molecule has 1 aliphatic rings. The predicted molar refractivity (Wildman–Crippen MR) is 63.9 cm³/mol. The van der Waals surface area contributed by atoms with Crippen molar-refractivity contribution in [1.29, 1.82) is 0 Å². The summed E-state index contributed by atoms with van der Waals surface area (Å²) in [6, 6.07) is 3.69. The molecule has 94 valence electrons. The lowest BCUT2D eigenvalue weighted by atomic mass is 10.1. The summed E-state index contributed by atoms with van der Waals surface area (Å²) in [5, 5.41) is 18.8. The van der Waals surface area contributed by atoms with Crippen molar-refractivity contribution in [2.45, 2.75) is 19.1 Å². The molecule has 5 nitrogen and oxygen atoms in total. The van der Waals surface area contributed by atoms with Crippen molar-refractivity contribution >= 4 is 5.82 Å². The Labute approximate surface area is 101 Å². The highest BCUT2D eigenvalue weighted by molar-refractivity contribution is 5.48. The van der Waals surface area contributed by atoms with Gasteiger partial charge < -0.3 is 19.8 Å². The van der Waals surface area contributed by atoms with Crippen molar-refractivity contribution in [2.24, 2.45) is 0 Å². The molecule has 5 heteroatoms. The molecule has 2 atom stereocenters. The van der Waals surface area contributed by atoms with Crippen LogP contribution in [-0.4, -0.2) is 47.6 Å². The van der Waals surface area contributed by atoms with E-state index >= 15 is 0 Å². The van der Waals surface area contributed by atoms with Crippen LogP contribution >= 0.6 is 0 Å². The van der Waals surface area contributed by atoms with Gasteiger partial charge in [-0.1, -0.05) is 6.07 Å². The molecule has 0 saturated carbocycles. The number of hydrogen-bond acceptors (Lipinski definition) is 5. The van der Waals surface area contributed by atoms with E-state index in [1.54, 1.807) is 13.1 Å². The minimum Gasteiger partial charge on any atom is -0.394 e. The highest BCUT2D eigenvalue weighted by Crippen LogP contribution is 2.25. The van der Waals surface area contributed by atoms with Gasteiger partial charge >= 0.3 is 0 Å². The molecule has 1 fully saturated rings. The molecule has 1 aromatic rings. The van der Waals surface area contributed by atoms with E-state index in [1.807, 2.05) is 17.0 Å². The third kappa shape index (κ3) is 2.74. The first-order valence-corrected chi connectivity index (χ1v) is 5.82. The smallest absolute Gasteiger partial charge is 0.134 e. The van der Waals surface area contributed by atoms with Crippen molar-refractivity contribution in [1.82, 2.24) is 4.98 Å². The zero-order valence-corrected chi connectivity index (χ0v) is 9.91. The van der Waals surface area contributed by atoms with E-state index in [0.29, 0.717) is 13.2 Å². The van der Waals surface area contributed by atoms with Gasteiger partial charge in [-0.2, -0.15) is 0 Å². The predicted octanol–water partition coefficient (Wildman–Crippen LogP) is 0.332. The Bertz CT molecular complexity index is 371. The Kier molecular flexibility index (Phi) is 3.93. The van der Waals surface area contributed by atoms with Gasteiger partial charge in [-0.3, -0.25) is 0 Å². The average Bonchev–Trinajstić information content (AvgIpc) is 2.39. The lowest BCUT2D eigenvalue weighted by molar-refractivity contribution is 0.00321. The van der Waals surface area contributed by atoms with Crippen LogP contribution in [0.25, 0.3) is 0 Å². The van der Waals surface area contributed by atoms with Crippen molar-refractivity contribution in [3.8, 4) is 0 Å². The highest BCUT2D eigenvalue weighted by Gasteiger charge is 2.23. The molecule has 1 unspecified atom stereocenters. The second-order valence-corrected chi connectivity index (χ2v) is 4.21. The van der Waals surface area contributed by atoms with Gasteiger partial charge in [0.05, 0.1) is 25.4 Å². The largest absolute Gasteiger partial charge is 0.394 e. The van der Waals surface area contributed by atoms with Crippen LogP contribution in [0.15, 0.2) is 18.3 Å². The Morgan fingerprint density at radius 2 is 2.47 bits per heavy atom. The Morgan fingerprint density at radius 1 is 1.65 bits per heavy atom. The molecule has 0 radical (unpaired) electrons. The molecule has 0 aromatic carbocycles. The Morgan fingerprint density at radius 3 is 3.18 bits per heavy atom. The van der Waals surface area contributed by atoms with Gasteiger partial charge in [-0.15, -0.1) is 0 Å². The summed E-state index contributed by atoms with van der Waals surface area (Å²) in [5.74, 6) is 0.782. The molecule has 0 bridgehead atoms. The van der Waals surface area contributed by atoms with E-state index in [4.69, 9.17) is 9.84 Å². The number of hydrogen-bond donors (Lipinski definition) is 2. The second kappa shape index (κ2) is 5.44. The van der Waals surface area contributed by atoms with Crippen molar-refractivity contribution in [2.75, 3.05) is 31.2 Å². The van der Waals surface area contributed by atoms with Crippen molar-refractivity contribution in [3.63, 3.8) is 0 Å². The first-order chi connectivity index (χ1) is 8.22. The van der Waals surface area contributed by atoms with E-state index in [9.17, 15) is 5.11 Å². The summed E-state index contributed by atoms with van der Waals surface area (Å²) in [6.07, 6.45) is 0.992. The number of aliphatic hydroxyl groups excluding tert-OH is 2. The minimum atomic E-state index is -0.547. The Hall–Kier alpha value is -1.17. The van der Waals surface area contributed by atoms with Crippen LogP contribution in [0, 0.1) is 0 Å². The summed E-state index contributed by atoms with van der Waals surface area (Å²) in [7, 11) is 0. The lowest BCUT2D eigenvalue weighted by Gasteiger charge is -2.34. The van der Waals surface area contributed by atoms with Gasteiger partial charge in [-0.05, 0) is 13.0 Å². The van der Waals surface area contributed by atoms with E-state index in [2.05, 4.69) is 4.98 Å². The number of aromatic nitrogens is 1. The monoisotopic (exact) mass is 238 g/mol. The van der Waals surface area contributed by atoms with Gasteiger partial charge in [0.25, 0.3) is 0 Å². The quantitative estimate of drug-likeness (QED) is 0.794. The molecule has 2 heterocycles. The second-order valence-electron chi connectivity index (χ2n) is 4.21. The fourth-order valence-corrected chi connectivity index (χ4v) is 2.02. The van der Waals surface area contributed by atoms with Crippen LogP contribution in [0.2, 0.25) is 0 Å². The molecular formula is C12H18N2O3. The number of morpholine rings is 1. The van der Waals surface area contributed by atoms with Crippen LogP contribution in [0.3, 0.4) is 0 Å². The van der Waals surface area contributed by atoms with Crippen molar-refractivity contribution in [3.05, 3.63) is 23.9 Å². The maximum atomic E-state index is 9.71. The van der Waals surface area contributed by atoms with Crippen molar-refractivity contribution < 1.29 is 14.9 Å². The molecule has 0 amide bonds. The molecule has 1 aromatic heterocycles. The summed E-state index contributed by atoms with van der Waals surface area (Å²) < 4.78 is 5.40. The molecule has 17 heavy (non-hydrogen) atoms. The summed E-state index contributed by atoms with van der Waals surface area (Å²) in [5.41, 5.74) is 0.811. The third-order valence-electron chi connectivity index (χ3n) is 2.91. The van der Waals surface area contributed by atoms with Crippen LogP contribution < -0.4 is 4.90 Å². The zero-order chi connectivity index (χ0) is 12.3. The standard InChI is InChI=1S/C12H18N2O3/c1-9(16)11-3-2-4-13-12(11)14-5-6-17-10(7-14)8-15/h2-4,9-10,15-16H,5-8H2,1H3/t9-,10?/m1/s1. The number of pyridine rings is 1. The molecule has 1 saturated heterocycles. The van der Waals surface area contributed by atoms with Gasteiger partial charge in [-0.25, -0.2) is 4.98 Å². The lowest BCUT2D eigenvalue weighted by Crippen LogP contribution is -2.44. The van der Waals surface area contributed by atoms with E-state index in [-0.39, 0.29) is 12.7 Å². The van der Waals surface area contributed by atoms with E-state index < -0.39 is 6.10 Å². The maximum absolute atomic E-state index is 9.71. The Balaban J connectivity index is 2.21. The number of anilines is 1. The fourth-order valence-electron chi connectivity index (χ4n) is 2.02. The molecule has 1 aliphatic heterocycles. The van der Waals surface area contributed by atoms with Gasteiger partial charge in [0.2, 0.25) is 0 Å². The van der Waals surface area contributed by atoms with E-state index in [0.717, 1.165) is 17.9 Å². The molecule has 2 N–H and O–H groups in total.